The summed E-state index contributed by atoms with van der Waals surface area (Å²) < 4.78 is 4.73. The molecule has 2 aromatic rings. The molecule has 0 bridgehead atoms. The fraction of sp³-hybridized carbons (Fsp3) is 0.0833. The van der Waals surface area contributed by atoms with Crippen molar-refractivity contribution in [3.05, 3.63) is 46.2 Å². The number of hydrogen-bond donors (Lipinski definition) is 2. The van der Waals surface area contributed by atoms with Crippen LogP contribution in [0.15, 0.2) is 34.9 Å². The van der Waals surface area contributed by atoms with Crippen molar-refractivity contribution in [2.75, 3.05) is 10.6 Å². The van der Waals surface area contributed by atoms with Crippen LogP contribution in [0.4, 0.5) is 17.2 Å². The van der Waals surface area contributed by atoms with Crippen molar-refractivity contribution in [1.29, 1.82) is 0 Å². The van der Waals surface area contributed by atoms with Crippen LogP contribution in [0.2, 0.25) is 0 Å². The van der Waals surface area contributed by atoms with Gasteiger partial charge in [0.15, 0.2) is 5.82 Å². The largest absolute Gasteiger partial charge is 0.360 e. The van der Waals surface area contributed by atoms with Gasteiger partial charge in [0.2, 0.25) is 0 Å². The van der Waals surface area contributed by atoms with Gasteiger partial charge in [0, 0.05) is 12.1 Å². The van der Waals surface area contributed by atoms with Gasteiger partial charge in [-0.15, -0.1) is 0 Å². The first-order chi connectivity index (χ1) is 9.97. The number of nitrogens with zero attached hydrogens (tertiary/aromatic N) is 2. The summed E-state index contributed by atoms with van der Waals surface area (Å²) in [5, 5.41) is 18.7. The minimum atomic E-state index is -1.05. The van der Waals surface area contributed by atoms with E-state index in [2.05, 4.69) is 15.8 Å². The number of aromatic nitrogens is 1. The van der Waals surface area contributed by atoms with Gasteiger partial charge in [0.1, 0.15) is 11.4 Å². The van der Waals surface area contributed by atoms with E-state index < -0.39 is 16.7 Å². The number of nitro benzene ring substituents is 1. The van der Waals surface area contributed by atoms with E-state index in [4.69, 9.17) is 4.52 Å². The smallest absolute Gasteiger partial charge is 0.315 e. The van der Waals surface area contributed by atoms with E-state index in [1.807, 2.05) is 0 Å². The molecule has 1 aromatic heterocycles. The molecule has 0 spiro atoms. The fourth-order valence-electron chi connectivity index (χ4n) is 1.52. The number of nitro groups is 1. The van der Waals surface area contributed by atoms with Gasteiger partial charge >= 0.3 is 11.8 Å². The summed E-state index contributed by atoms with van der Waals surface area (Å²) in [7, 11) is 0. The molecule has 2 amide bonds. The zero-order valence-corrected chi connectivity index (χ0v) is 10.8. The molecule has 0 saturated carbocycles. The number of aryl methyl sites for hydroxylation is 1. The van der Waals surface area contributed by atoms with E-state index in [0.29, 0.717) is 5.76 Å². The monoisotopic (exact) mass is 290 g/mol. The lowest BCUT2D eigenvalue weighted by atomic mass is 10.2. The highest BCUT2D eigenvalue weighted by Gasteiger charge is 2.20. The SMILES string of the molecule is Cc1cc(NC(=O)C(=O)Nc2ccccc2[N+](=O)[O-])no1. The van der Waals surface area contributed by atoms with Gasteiger partial charge in [-0.05, 0) is 13.0 Å². The number of para-hydroxylation sites is 2. The first kappa shape index (κ1) is 14.2. The average Bonchev–Trinajstić information content (AvgIpc) is 2.84. The standard InChI is InChI=1S/C12H10N4O5/c1-7-6-10(15-21-7)14-12(18)11(17)13-8-4-2-3-5-9(8)16(19)20/h2-6H,1H3,(H,13,17)(H,14,15,18). The summed E-state index contributed by atoms with van der Waals surface area (Å²) in [6, 6.07) is 6.92. The van der Waals surface area contributed by atoms with Crippen molar-refractivity contribution in [1.82, 2.24) is 5.16 Å². The van der Waals surface area contributed by atoms with Crippen LogP contribution < -0.4 is 10.6 Å². The molecule has 2 rings (SSSR count). The van der Waals surface area contributed by atoms with Gasteiger partial charge in [-0.1, -0.05) is 17.3 Å². The maximum absolute atomic E-state index is 11.7. The highest BCUT2D eigenvalue weighted by Crippen LogP contribution is 2.23. The Kier molecular flexibility index (Phi) is 3.93. The van der Waals surface area contributed by atoms with Crippen LogP contribution in [0.25, 0.3) is 0 Å². The highest BCUT2D eigenvalue weighted by molar-refractivity contribution is 6.43. The van der Waals surface area contributed by atoms with E-state index >= 15 is 0 Å². The van der Waals surface area contributed by atoms with Gasteiger partial charge in [-0.3, -0.25) is 25.0 Å². The van der Waals surface area contributed by atoms with Gasteiger partial charge in [-0.2, -0.15) is 0 Å². The molecule has 0 aliphatic heterocycles. The molecule has 0 aliphatic rings. The Labute approximate surface area is 118 Å². The van der Waals surface area contributed by atoms with Crippen LogP contribution in [-0.2, 0) is 9.59 Å². The Bertz CT molecular complexity index is 709. The number of amides is 2. The summed E-state index contributed by atoms with van der Waals surface area (Å²) in [5.74, 6) is -1.52. The topological polar surface area (TPSA) is 127 Å². The molecule has 9 heteroatoms. The van der Waals surface area contributed by atoms with Crippen molar-refractivity contribution < 1.29 is 19.0 Å². The van der Waals surface area contributed by atoms with Crippen LogP contribution in [0, 0.1) is 17.0 Å². The maximum atomic E-state index is 11.7. The first-order valence-electron chi connectivity index (χ1n) is 5.76. The number of rotatable bonds is 3. The Balaban J connectivity index is 2.07. The van der Waals surface area contributed by atoms with Crippen molar-refractivity contribution in [2.45, 2.75) is 6.92 Å². The zero-order chi connectivity index (χ0) is 15.4. The van der Waals surface area contributed by atoms with Crippen LogP contribution in [0.5, 0.6) is 0 Å². The number of nitrogens with one attached hydrogen (secondary N) is 2. The minimum Gasteiger partial charge on any atom is -0.360 e. The van der Waals surface area contributed by atoms with Crippen molar-refractivity contribution in [2.24, 2.45) is 0 Å². The van der Waals surface area contributed by atoms with Crippen LogP contribution in [0.1, 0.15) is 5.76 Å². The first-order valence-corrected chi connectivity index (χ1v) is 5.76. The summed E-state index contributed by atoms with van der Waals surface area (Å²) in [6.07, 6.45) is 0. The maximum Gasteiger partial charge on any atom is 0.315 e. The molecule has 108 valence electrons. The third-order valence-corrected chi connectivity index (χ3v) is 2.42. The molecule has 0 saturated heterocycles. The summed E-state index contributed by atoms with van der Waals surface area (Å²) in [6.45, 7) is 1.62. The molecule has 1 aromatic carbocycles. The Morgan fingerprint density at radius 2 is 1.90 bits per heavy atom. The van der Waals surface area contributed by atoms with E-state index in [0.717, 1.165) is 0 Å². The number of hydrogen-bond acceptors (Lipinski definition) is 6. The van der Waals surface area contributed by atoms with Crippen LogP contribution >= 0.6 is 0 Å². The molecule has 1 heterocycles. The van der Waals surface area contributed by atoms with Crippen molar-refractivity contribution in [3.8, 4) is 0 Å². The molecular formula is C12H10N4O5. The predicted molar refractivity (Wildman–Crippen MR) is 71.6 cm³/mol. The van der Waals surface area contributed by atoms with E-state index in [9.17, 15) is 19.7 Å². The average molecular weight is 290 g/mol. The summed E-state index contributed by atoms with van der Waals surface area (Å²) in [4.78, 5) is 33.5. The lowest BCUT2D eigenvalue weighted by Crippen LogP contribution is -2.29. The fourth-order valence-corrected chi connectivity index (χ4v) is 1.52. The third kappa shape index (κ3) is 3.41. The predicted octanol–water partition coefficient (Wildman–Crippen LogP) is 1.47. The molecular weight excluding hydrogens is 280 g/mol. The normalized spacial score (nSPS) is 9.95. The van der Waals surface area contributed by atoms with Gasteiger partial charge in [-0.25, -0.2) is 0 Å². The number of anilines is 2. The zero-order valence-electron chi connectivity index (χ0n) is 10.8. The van der Waals surface area contributed by atoms with E-state index in [-0.39, 0.29) is 17.2 Å². The minimum absolute atomic E-state index is 0.0704. The highest BCUT2D eigenvalue weighted by atomic mass is 16.6. The summed E-state index contributed by atoms with van der Waals surface area (Å²) >= 11 is 0. The van der Waals surface area contributed by atoms with Gasteiger partial charge < -0.3 is 9.84 Å². The quantitative estimate of drug-likeness (QED) is 0.500. The molecule has 0 radical (unpaired) electrons. The molecule has 0 fully saturated rings. The van der Waals surface area contributed by atoms with Crippen molar-refractivity contribution >= 4 is 29.0 Å². The van der Waals surface area contributed by atoms with Crippen molar-refractivity contribution in [3.63, 3.8) is 0 Å². The second kappa shape index (κ2) is 5.82. The Morgan fingerprint density at radius 3 is 2.52 bits per heavy atom. The lowest BCUT2D eigenvalue weighted by molar-refractivity contribution is -0.383. The number of carbonyl (C=O) groups excluding carboxylic acids is 2. The molecule has 9 nitrogen and oxygen atoms in total. The number of benzene rings is 1. The molecule has 2 N–H and O–H groups in total. The van der Waals surface area contributed by atoms with Gasteiger partial charge in [0.25, 0.3) is 5.69 Å². The van der Waals surface area contributed by atoms with Crippen LogP contribution in [0.3, 0.4) is 0 Å². The van der Waals surface area contributed by atoms with E-state index in [1.54, 1.807) is 6.92 Å². The molecule has 0 atom stereocenters. The Morgan fingerprint density at radius 1 is 1.24 bits per heavy atom. The molecule has 21 heavy (non-hydrogen) atoms. The Hall–Kier alpha value is -3.23. The molecule has 0 unspecified atom stereocenters. The van der Waals surface area contributed by atoms with E-state index in [1.165, 1.54) is 30.3 Å². The lowest BCUT2D eigenvalue weighted by Gasteiger charge is -2.05. The second-order valence-corrected chi connectivity index (χ2v) is 4.01. The van der Waals surface area contributed by atoms with Gasteiger partial charge in [0.05, 0.1) is 4.92 Å². The summed E-state index contributed by atoms with van der Waals surface area (Å²) in [5.41, 5.74) is -0.380. The second-order valence-electron chi connectivity index (χ2n) is 4.01. The molecule has 0 aliphatic carbocycles. The third-order valence-electron chi connectivity index (χ3n) is 2.42. The number of carbonyl (C=O) groups is 2. The van der Waals surface area contributed by atoms with Crippen LogP contribution in [-0.4, -0.2) is 21.9 Å².